The third-order valence-corrected chi connectivity index (χ3v) is 6.54. The summed E-state index contributed by atoms with van der Waals surface area (Å²) in [5.74, 6) is 0.335. The molecule has 0 aliphatic carbocycles. The van der Waals surface area contributed by atoms with Crippen molar-refractivity contribution in [1.29, 1.82) is 0 Å². The highest BCUT2D eigenvalue weighted by molar-refractivity contribution is 7.09. The van der Waals surface area contributed by atoms with Gasteiger partial charge < -0.3 is 14.9 Å². The molecule has 2 amide bonds. The van der Waals surface area contributed by atoms with Gasteiger partial charge in [0, 0.05) is 49.3 Å². The summed E-state index contributed by atoms with van der Waals surface area (Å²) in [7, 11) is 0. The molecule has 3 rings (SSSR count). The number of carbonyl (C=O) groups is 2. The summed E-state index contributed by atoms with van der Waals surface area (Å²) in [6.45, 7) is 4.61. The normalized spacial score (nSPS) is 24.2. The Labute approximate surface area is 152 Å². The second-order valence-electron chi connectivity index (χ2n) is 7.32. The molecule has 25 heavy (non-hydrogen) atoms. The number of amides is 2. The van der Waals surface area contributed by atoms with Crippen molar-refractivity contribution >= 4 is 23.2 Å². The van der Waals surface area contributed by atoms with Crippen molar-refractivity contribution in [3.05, 3.63) is 16.1 Å². The molecule has 0 saturated carbocycles. The van der Waals surface area contributed by atoms with E-state index >= 15 is 0 Å². The number of thiazole rings is 1. The lowest BCUT2D eigenvalue weighted by Crippen LogP contribution is -2.55. The number of β-amino-alcohol motifs (C(OH)–C–C–N with tert-alkyl or cyclic N) is 1. The van der Waals surface area contributed by atoms with Crippen LogP contribution in [0.3, 0.4) is 0 Å². The number of aliphatic hydroxyl groups excluding tert-OH is 1. The Hall–Kier alpha value is -1.47. The molecule has 6 nitrogen and oxygen atoms in total. The second kappa shape index (κ2) is 7.83. The molecule has 3 heterocycles. The number of nitrogens with zero attached hydrogens (tertiary/aromatic N) is 3. The summed E-state index contributed by atoms with van der Waals surface area (Å²) in [5.41, 5.74) is 2.87. The molecule has 0 bridgehead atoms. The first kappa shape index (κ1) is 18.3. The van der Waals surface area contributed by atoms with E-state index in [-0.39, 0.29) is 23.8 Å². The number of hydrogen-bond acceptors (Lipinski definition) is 5. The number of aryl methyl sites for hydroxylation is 2. The maximum absolute atomic E-state index is 12.7. The zero-order chi connectivity index (χ0) is 17.9. The van der Waals surface area contributed by atoms with Gasteiger partial charge in [0.05, 0.1) is 17.8 Å². The van der Waals surface area contributed by atoms with E-state index in [1.165, 1.54) is 4.88 Å². The van der Waals surface area contributed by atoms with E-state index in [9.17, 15) is 14.7 Å². The minimum atomic E-state index is -0.00132. The lowest BCUT2D eigenvalue weighted by molar-refractivity contribution is -0.143. The molecule has 2 saturated heterocycles. The minimum absolute atomic E-state index is 0.00132. The fourth-order valence-electron chi connectivity index (χ4n) is 4.13. The molecule has 1 atom stereocenters. The zero-order valence-electron chi connectivity index (χ0n) is 14.9. The smallest absolute Gasteiger partial charge is 0.222 e. The van der Waals surface area contributed by atoms with Gasteiger partial charge in [0.2, 0.25) is 11.8 Å². The van der Waals surface area contributed by atoms with Crippen LogP contribution < -0.4 is 0 Å². The van der Waals surface area contributed by atoms with Crippen LogP contribution >= 0.6 is 11.3 Å². The topological polar surface area (TPSA) is 73.7 Å². The first-order valence-electron chi connectivity index (χ1n) is 9.08. The summed E-state index contributed by atoms with van der Waals surface area (Å²) in [5, 5.41) is 9.18. The van der Waals surface area contributed by atoms with E-state index in [4.69, 9.17) is 0 Å². The van der Waals surface area contributed by atoms with E-state index in [2.05, 4.69) is 4.98 Å². The quantitative estimate of drug-likeness (QED) is 0.860. The molecule has 7 heteroatoms. The van der Waals surface area contributed by atoms with Crippen molar-refractivity contribution in [1.82, 2.24) is 14.8 Å². The molecular formula is C18H27N3O3S. The molecule has 2 aliphatic rings. The Kier molecular flexibility index (Phi) is 5.74. The van der Waals surface area contributed by atoms with Gasteiger partial charge >= 0.3 is 0 Å². The predicted molar refractivity (Wildman–Crippen MR) is 96.3 cm³/mol. The van der Waals surface area contributed by atoms with E-state index in [1.54, 1.807) is 16.2 Å². The summed E-state index contributed by atoms with van der Waals surface area (Å²) < 4.78 is 0. The van der Waals surface area contributed by atoms with E-state index in [0.717, 1.165) is 44.5 Å². The molecule has 0 unspecified atom stereocenters. The zero-order valence-corrected chi connectivity index (χ0v) is 15.7. The van der Waals surface area contributed by atoms with Crippen LogP contribution in [0.25, 0.3) is 0 Å². The van der Waals surface area contributed by atoms with Crippen molar-refractivity contribution in [2.75, 3.05) is 32.8 Å². The summed E-state index contributed by atoms with van der Waals surface area (Å²) >= 11 is 1.62. The number of carbonyl (C=O) groups excluding carboxylic acids is 2. The maximum atomic E-state index is 12.7. The van der Waals surface area contributed by atoms with Crippen molar-refractivity contribution in [3.63, 3.8) is 0 Å². The van der Waals surface area contributed by atoms with Gasteiger partial charge in [-0.15, -0.1) is 11.3 Å². The number of hydrogen-bond donors (Lipinski definition) is 1. The minimum Gasteiger partial charge on any atom is -0.395 e. The van der Waals surface area contributed by atoms with Crippen LogP contribution in [0.1, 0.15) is 42.7 Å². The van der Waals surface area contributed by atoms with Crippen LogP contribution in [-0.4, -0.2) is 64.5 Å². The van der Waals surface area contributed by atoms with E-state index in [1.807, 2.05) is 17.3 Å². The van der Waals surface area contributed by atoms with Crippen LogP contribution in [-0.2, 0) is 16.0 Å². The number of piperidine rings is 2. The maximum Gasteiger partial charge on any atom is 0.222 e. The van der Waals surface area contributed by atoms with Gasteiger partial charge in [0.1, 0.15) is 0 Å². The SMILES string of the molecule is Cc1ncsc1CCC(=O)N1CCC[C@]2(CCC(=O)N(CCO)C2)C1. The number of rotatable bonds is 5. The van der Waals surface area contributed by atoms with Crippen molar-refractivity contribution < 1.29 is 14.7 Å². The van der Waals surface area contributed by atoms with Crippen LogP contribution in [0, 0.1) is 12.3 Å². The largest absolute Gasteiger partial charge is 0.395 e. The lowest BCUT2D eigenvalue weighted by atomic mass is 9.73. The van der Waals surface area contributed by atoms with E-state index < -0.39 is 0 Å². The van der Waals surface area contributed by atoms with Crippen LogP contribution in [0.5, 0.6) is 0 Å². The molecule has 2 aliphatic heterocycles. The third kappa shape index (κ3) is 4.20. The fourth-order valence-corrected chi connectivity index (χ4v) is 4.91. The molecule has 2 fully saturated rings. The number of aromatic nitrogens is 1. The van der Waals surface area contributed by atoms with Gasteiger partial charge in [-0.3, -0.25) is 9.59 Å². The Morgan fingerprint density at radius 3 is 2.96 bits per heavy atom. The highest BCUT2D eigenvalue weighted by atomic mass is 32.1. The Bertz CT molecular complexity index is 633. The van der Waals surface area contributed by atoms with Gasteiger partial charge in [-0.1, -0.05) is 0 Å². The predicted octanol–water partition coefficient (Wildman–Crippen LogP) is 1.61. The Balaban J connectivity index is 1.59. The average Bonchev–Trinajstić information content (AvgIpc) is 3.02. The monoisotopic (exact) mass is 365 g/mol. The van der Waals surface area contributed by atoms with Gasteiger partial charge in [-0.2, -0.15) is 0 Å². The van der Waals surface area contributed by atoms with Gasteiger partial charge in [0.15, 0.2) is 0 Å². The molecule has 1 N–H and O–H groups in total. The van der Waals surface area contributed by atoms with E-state index in [0.29, 0.717) is 25.9 Å². The average molecular weight is 365 g/mol. The molecule has 0 aromatic carbocycles. The van der Waals surface area contributed by atoms with Gasteiger partial charge in [0.25, 0.3) is 0 Å². The Morgan fingerprint density at radius 2 is 2.24 bits per heavy atom. The molecule has 138 valence electrons. The fraction of sp³-hybridized carbons (Fsp3) is 0.722. The molecule has 1 spiro atoms. The molecule has 1 aromatic heterocycles. The Morgan fingerprint density at radius 1 is 1.40 bits per heavy atom. The highest BCUT2D eigenvalue weighted by Gasteiger charge is 2.42. The first-order valence-corrected chi connectivity index (χ1v) is 9.96. The standard InChI is InChI=1S/C18H27N3O3S/c1-14-15(25-13-19-14)3-4-16(23)20-8-2-6-18(11-20)7-5-17(24)21(12-18)9-10-22/h13,22H,2-12H2,1H3/t18-/m0/s1. The lowest BCUT2D eigenvalue weighted by Gasteiger charge is -2.48. The summed E-state index contributed by atoms with van der Waals surface area (Å²) in [6, 6.07) is 0. The number of aliphatic hydroxyl groups is 1. The second-order valence-corrected chi connectivity index (χ2v) is 8.26. The van der Waals surface area contributed by atoms with Crippen molar-refractivity contribution in [2.24, 2.45) is 5.41 Å². The summed E-state index contributed by atoms with van der Waals surface area (Å²) in [4.78, 5) is 33.9. The van der Waals surface area contributed by atoms with Gasteiger partial charge in [-0.05, 0) is 32.6 Å². The number of likely N-dealkylation sites (tertiary alicyclic amines) is 2. The van der Waals surface area contributed by atoms with Crippen LogP contribution in [0.15, 0.2) is 5.51 Å². The third-order valence-electron chi connectivity index (χ3n) is 5.54. The van der Waals surface area contributed by atoms with Crippen molar-refractivity contribution in [3.8, 4) is 0 Å². The molecular weight excluding hydrogens is 338 g/mol. The van der Waals surface area contributed by atoms with Crippen molar-refractivity contribution in [2.45, 2.75) is 45.4 Å². The van der Waals surface area contributed by atoms with Crippen LogP contribution in [0.2, 0.25) is 0 Å². The van der Waals surface area contributed by atoms with Gasteiger partial charge in [-0.25, -0.2) is 4.98 Å². The molecule has 0 radical (unpaired) electrons. The first-order chi connectivity index (χ1) is 12.0. The van der Waals surface area contributed by atoms with Crippen LogP contribution in [0.4, 0.5) is 0 Å². The highest BCUT2D eigenvalue weighted by Crippen LogP contribution is 2.39. The summed E-state index contributed by atoms with van der Waals surface area (Å²) in [6.07, 6.45) is 4.71. The molecule has 1 aromatic rings.